The molecule has 3 heterocycles. The van der Waals surface area contributed by atoms with Gasteiger partial charge < -0.3 is 9.80 Å². The number of carbonyl (C=O) groups excluding carboxylic acids is 2. The smallest absolute Gasteiger partial charge is 0.276 e. The summed E-state index contributed by atoms with van der Waals surface area (Å²) in [7, 11) is 0. The molecular formula is C18H22Cl2N6O2. The van der Waals surface area contributed by atoms with Gasteiger partial charge in [-0.05, 0) is 27.7 Å². The summed E-state index contributed by atoms with van der Waals surface area (Å²) in [5, 5.41) is 8.57. The molecule has 0 unspecified atom stereocenters. The van der Waals surface area contributed by atoms with Crippen LogP contribution in [0.4, 0.5) is 0 Å². The number of carbonyl (C=O) groups is 2. The van der Waals surface area contributed by atoms with Crippen LogP contribution in [0.25, 0.3) is 0 Å². The van der Waals surface area contributed by atoms with Crippen molar-refractivity contribution in [2.75, 3.05) is 19.6 Å². The van der Waals surface area contributed by atoms with Crippen LogP contribution in [0.3, 0.4) is 0 Å². The number of amides is 2. The first-order chi connectivity index (χ1) is 13.2. The van der Waals surface area contributed by atoms with Crippen LogP contribution in [-0.4, -0.2) is 67.3 Å². The van der Waals surface area contributed by atoms with Crippen LogP contribution >= 0.6 is 23.2 Å². The number of rotatable bonds is 3. The minimum atomic E-state index is -0.249. The summed E-state index contributed by atoms with van der Waals surface area (Å²) in [5.41, 5.74) is 1.35. The molecule has 1 atom stereocenters. The molecule has 0 radical (unpaired) electrons. The van der Waals surface area contributed by atoms with Crippen LogP contribution in [0, 0.1) is 6.92 Å². The third-order valence-corrected chi connectivity index (χ3v) is 5.65. The molecule has 28 heavy (non-hydrogen) atoms. The van der Waals surface area contributed by atoms with Crippen molar-refractivity contribution in [2.24, 2.45) is 0 Å². The monoisotopic (exact) mass is 424 g/mol. The van der Waals surface area contributed by atoms with Gasteiger partial charge in [0.25, 0.3) is 11.8 Å². The van der Waals surface area contributed by atoms with Crippen molar-refractivity contribution in [3.8, 4) is 0 Å². The normalized spacial score (nSPS) is 17.3. The summed E-state index contributed by atoms with van der Waals surface area (Å²) < 4.78 is 1.73. The highest BCUT2D eigenvalue weighted by Gasteiger charge is 2.33. The van der Waals surface area contributed by atoms with Crippen molar-refractivity contribution in [2.45, 2.75) is 39.8 Å². The standard InChI is InChI=1S/C18H22Cl2N6O2/c1-10(2)26-12(4)16(22-23-26)18(28)25-6-5-24(9-11(25)3)17(27)13-7-21-8-14(19)15(13)20/h7-8,10-11H,5-6,9H2,1-4H3/t11-/m0/s1. The predicted molar refractivity (Wildman–Crippen MR) is 106 cm³/mol. The van der Waals surface area contributed by atoms with Gasteiger partial charge in [0.05, 0.1) is 21.3 Å². The maximum Gasteiger partial charge on any atom is 0.276 e. The lowest BCUT2D eigenvalue weighted by molar-refractivity contribution is 0.0410. The number of piperazine rings is 1. The van der Waals surface area contributed by atoms with Gasteiger partial charge in [0, 0.05) is 44.1 Å². The largest absolute Gasteiger partial charge is 0.335 e. The molecule has 2 aromatic rings. The highest BCUT2D eigenvalue weighted by Crippen LogP contribution is 2.26. The van der Waals surface area contributed by atoms with Gasteiger partial charge in [-0.15, -0.1) is 5.10 Å². The molecule has 0 aromatic carbocycles. The minimum absolute atomic E-state index is 0.122. The Hall–Kier alpha value is -2.19. The maximum absolute atomic E-state index is 13.0. The Morgan fingerprint density at radius 1 is 1.18 bits per heavy atom. The SMILES string of the molecule is Cc1c(C(=O)N2CCN(C(=O)c3cncc(Cl)c3Cl)C[C@@H]2C)nnn1C(C)C. The zero-order valence-corrected chi connectivity index (χ0v) is 17.7. The predicted octanol–water partition coefficient (Wildman–Crippen LogP) is 2.86. The topological polar surface area (TPSA) is 84.2 Å². The number of halogens is 2. The summed E-state index contributed by atoms with van der Waals surface area (Å²) in [6.45, 7) is 8.87. The summed E-state index contributed by atoms with van der Waals surface area (Å²) in [4.78, 5) is 33.1. The fourth-order valence-corrected chi connectivity index (χ4v) is 3.68. The number of hydrogen-bond acceptors (Lipinski definition) is 5. The lowest BCUT2D eigenvalue weighted by Crippen LogP contribution is -2.55. The molecule has 1 aliphatic heterocycles. The van der Waals surface area contributed by atoms with Gasteiger partial charge in [-0.2, -0.15) is 0 Å². The Bertz CT molecular complexity index is 913. The van der Waals surface area contributed by atoms with Gasteiger partial charge in [-0.25, -0.2) is 4.68 Å². The Balaban J connectivity index is 1.74. The first-order valence-electron chi connectivity index (χ1n) is 9.03. The van der Waals surface area contributed by atoms with Crippen molar-refractivity contribution in [3.63, 3.8) is 0 Å². The molecule has 2 aromatic heterocycles. The zero-order chi connectivity index (χ0) is 20.6. The molecule has 1 saturated heterocycles. The molecule has 150 valence electrons. The highest BCUT2D eigenvalue weighted by molar-refractivity contribution is 6.43. The molecule has 0 spiro atoms. The first-order valence-corrected chi connectivity index (χ1v) is 9.79. The average Bonchev–Trinajstić information content (AvgIpc) is 3.04. The Labute approximate surface area is 173 Å². The quantitative estimate of drug-likeness (QED) is 0.755. The summed E-state index contributed by atoms with van der Waals surface area (Å²) in [6.07, 6.45) is 2.80. The Kier molecular flexibility index (Phi) is 5.90. The van der Waals surface area contributed by atoms with Crippen LogP contribution in [0.1, 0.15) is 53.4 Å². The summed E-state index contributed by atoms with van der Waals surface area (Å²) >= 11 is 12.1. The van der Waals surface area contributed by atoms with E-state index in [0.717, 1.165) is 5.69 Å². The molecule has 0 aliphatic carbocycles. The first kappa shape index (κ1) is 20.5. The van der Waals surface area contributed by atoms with Gasteiger partial charge in [0.15, 0.2) is 5.69 Å². The summed E-state index contributed by atoms with van der Waals surface area (Å²) in [5.74, 6) is -0.424. The molecule has 10 heteroatoms. The van der Waals surface area contributed by atoms with Gasteiger partial charge in [0.1, 0.15) is 0 Å². The zero-order valence-electron chi connectivity index (χ0n) is 16.2. The fourth-order valence-electron chi connectivity index (χ4n) is 3.35. The number of pyridine rings is 1. The molecule has 1 fully saturated rings. The molecule has 0 bridgehead atoms. The van der Waals surface area contributed by atoms with Crippen LogP contribution < -0.4 is 0 Å². The van der Waals surface area contributed by atoms with Crippen molar-refractivity contribution < 1.29 is 9.59 Å². The Morgan fingerprint density at radius 3 is 2.50 bits per heavy atom. The lowest BCUT2D eigenvalue weighted by atomic mass is 10.1. The average molecular weight is 425 g/mol. The van der Waals surface area contributed by atoms with Crippen LogP contribution in [0.5, 0.6) is 0 Å². The molecule has 2 amide bonds. The van der Waals surface area contributed by atoms with Gasteiger partial charge in [-0.1, -0.05) is 28.4 Å². The Morgan fingerprint density at radius 2 is 1.89 bits per heavy atom. The molecular weight excluding hydrogens is 403 g/mol. The molecule has 8 nitrogen and oxygen atoms in total. The third kappa shape index (κ3) is 3.71. The van der Waals surface area contributed by atoms with E-state index in [0.29, 0.717) is 25.3 Å². The van der Waals surface area contributed by atoms with Crippen LogP contribution in [0.15, 0.2) is 12.4 Å². The molecule has 0 saturated carbocycles. The number of hydrogen-bond donors (Lipinski definition) is 0. The minimum Gasteiger partial charge on any atom is -0.335 e. The van der Waals surface area contributed by atoms with E-state index in [1.54, 1.807) is 14.5 Å². The third-order valence-electron chi connectivity index (χ3n) is 4.86. The van der Waals surface area contributed by atoms with E-state index in [-0.39, 0.29) is 39.5 Å². The molecule has 3 rings (SSSR count). The van der Waals surface area contributed by atoms with E-state index in [2.05, 4.69) is 15.3 Å². The van der Waals surface area contributed by atoms with E-state index in [4.69, 9.17) is 23.2 Å². The second-order valence-corrected chi connectivity index (χ2v) is 7.93. The fraction of sp³-hybridized carbons (Fsp3) is 0.500. The van der Waals surface area contributed by atoms with Gasteiger partial charge in [-0.3, -0.25) is 14.6 Å². The second-order valence-electron chi connectivity index (χ2n) is 7.14. The molecule has 0 N–H and O–H groups in total. The second kappa shape index (κ2) is 8.05. The molecule has 1 aliphatic rings. The van der Waals surface area contributed by atoms with Crippen molar-refractivity contribution in [3.05, 3.63) is 39.4 Å². The van der Waals surface area contributed by atoms with Crippen LogP contribution in [0.2, 0.25) is 10.0 Å². The lowest BCUT2D eigenvalue weighted by Gasteiger charge is -2.39. The number of aromatic nitrogens is 4. The van der Waals surface area contributed by atoms with E-state index >= 15 is 0 Å². The summed E-state index contributed by atoms with van der Waals surface area (Å²) in [6, 6.07) is -0.0586. The van der Waals surface area contributed by atoms with Gasteiger partial charge in [0.2, 0.25) is 0 Å². The van der Waals surface area contributed by atoms with Gasteiger partial charge >= 0.3 is 0 Å². The van der Waals surface area contributed by atoms with Crippen molar-refractivity contribution in [1.29, 1.82) is 0 Å². The highest BCUT2D eigenvalue weighted by atomic mass is 35.5. The maximum atomic E-state index is 13.0. The number of nitrogens with zero attached hydrogens (tertiary/aromatic N) is 6. The van der Waals surface area contributed by atoms with Crippen molar-refractivity contribution in [1.82, 2.24) is 29.8 Å². The van der Waals surface area contributed by atoms with E-state index in [1.807, 2.05) is 27.7 Å². The van der Waals surface area contributed by atoms with E-state index in [1.165, 1.54) is 12.4 Å². The van der Waals surface area contributed by atoms with E-state index < -0.39 is 0 Å². The van der Waals surface area contributed by atoms with Crippen LogP contribution in [-0.2, 0) is 0 Å². The van der Waals surface area contributed by atoms with E-state index in [9.17, 15) is 9.59 Å². The van der Waals surface area contributed by atoms with Crippen molar-refractivity contribution >= 4 is 35.0 Å².